The van der Waals surface area contributed by atoms with Crippen molar-refractivity contribution in [2.24, 2.45) is 0 Å². The quantitative estimate of drug-likeness (QED) is 0.184. The van der Waals surface area contributed by atoms with E-state index in [1.54, 1.807) is 0 Å². The average Bonchev–Trinajstić information content (AvgIpc) is 3.48. The lowest BCUT2D eigenvalue weighted by Crippen LogP contribution is -2.10. The van der Waals surface area contributed by atoms with Crippen LogP contribution >= 0.6 is 0 Å². The van der Waals surface area contributed by atoms with Gasteiger partial charge < -0.3 is 4.57 Å². The molecule has 0 saturated carbocycles. The Morgan fingerprint density at radius 2 is 0.882 bits per heavy atom. The molecule has 6 aromatic carbocycles. The molecule has 0 spiro atoms. The summed E-state index contributed by atoms with van der Waals surface area (Å²) in [5, 5.41) is 2.56. The summed E-state index contributed by atoms with van der Waals surface area (Å²) in [6.07, 6.45) is 0. The lowest BCUT2D eigenvalue weighted by atomic mass is 9.85. The topological polar surface area (TPSA) is 30.7 Å². The Morgan fingerprint density at radius 1 is 0.412 bits per heavy atom. The van der Waals surface area contributed by atoms with Gasteiger partial charge in [0.15, 0.2) is 5.82 Å². The van der Waals surface area contributed by atoms with Crippen LogP contribution in [0, 0.1) is 0 Å². The molecule has 0 aliphatic heterocycles. The van der Waals surface area contributed by atoms with Crippen LogP contribution in [0.25, 0.3) is 72.5 Å². The summed E-state index contributed by atoms with van der Waals surface area (Å²) < 4.78 is 2.46. The van der Waals surface area contributed by atoms with E-state index in [0.717, 1.165) is 44.9 Å². The Bertz CT molecular complexity index is 2380. The van der Waals surface area contributed by atoms with Crippen LogP contribution in [0.3, 0.4) is 0 Å². The second-order valence-electron chi connectivity index (χ2n) is 15.6. The Hall–Kier alpha value is -5.80. The van der Waals surface area contributed by atoms with Crippen molar-refractivity contribution in [1.82, 2.24) is 14.5 Å². The lowest BCUT2D eigenvalue weighted by molar-refractivity contribution is 0.590. The molecule has 0 bridgehead atoms. The van der Waals surface area contributed by atoms with Crippen molar-refractivity contribution in [3.05, 3.63) is 163 Å². The molecular weight excluding hydrogens is 619 g/mol. The molecule has 0 aliphatic carbocycles. The van der Waals surface area contributed by atoms with Gasteiger partial charge in [0, 0.05) is 33.0 Å². The van der Waals surface area contributed by atoms with Crippen LogP contribution in [0.5, 0.6) is 0 Å². The maximum Gasteiger partial charge on any atom is 0.160 e. The van der Waals surface area contributed by atoms with Crippen molar-refractivity contribution in [3.8, 4) is 50.7 Å². The van der Waals surface area contributed by atoms with E-state index in [4.69, 9.17) is 9.97 Å². The molecule has 8 rings (SSSR count). The molecule has 0 saturated heterocycles. The third-order valence-electron chi connectivity index (χ3n) is 9.94. The summed E-state index contributed by atoms with van der Waals surface area (Å²) in [6.45, 7) is 13.7. The molecular formula is C48H43N3. The molecule has 3 nitrogen and oxygen atoms in total. The van der Waals surface area contributed by atoms with Crippen LogP contribution in [0.4, 0.5) is 0 Å². The number of hydrogen-bond acceptors (Lipinski definition) is 2. The number of fused-ring (bicyclic) bond motifs is 3. The molecule has 0 fully saturated rings. The van der Waals surface area contributed by atoms with Gasteiger partial charge in [-0.05, 0) is 70.0 Å². The van der Waals surface area contributed by atoms with E-state index in [1.807, 2.05) is 24.3 Å². The van der Waals surface area contributed by atoms with E-state index in [9.17, 15) is 0 Å². The van der Waals surface area contributed by atoms with Gasteiger partial charge in [0.2, 0.25) is 0 Å². The maximum absolute atomic E-state index is 5.17. The number of benzene rings is 6. The fraction of sp³-hybridized carbons (Fsp3) is 0.167. The minimum Gasteiger partial charge on any atom is -0.309 e. The molecule has 51 heavy (non-hydrogen) atoms. The molecule has 0 atom stereocenters. The smallest absolute Gasteiger partial charge is 0.160 e. The van der Waals surface area contributed by atoms with Crippen LogP contribution in [-0.4, -0.2) is 14.5 Å². The van der Waals surface area contributed by atoms with Crippen LogP contribution < -0.4 is 0 Å². The minimum absolute atomic E-state index is 0.0375. The van der Waals surface area contributed by atoms with Crippen molar-refractivity contribution in [2.75, 3.05) is 0 Å². The van der Waals surface area contributed by atoms with E-state index in [-0.39, 0.29) is 10.8 Å². The summed E-state index contributed by atoms with van der Waals surface area (Å²) in [5.74, 6) is 0.712. The predicted molar refractivity (Wildman–Crippen MR) is 216 cm³/mol. The largest absolute Gasteiger partial charge is 0.309 e. The van der Waals surface area contributed by atoms with Crippen molar-refractivity contribution >= 4 is 21.8 Å². The minimum atomic E-state index is 0.0375. The van der Waals surface area contributed by atoms with E-state index in [2.05, 4.69) is 174 Å². The normalized spacial score (nSPS) is 12.1. The molecule has 250 valence electrons. The second kappa shape index (κ2) is 12.5. The molecule has 0 N–H and O–H groups in total. The van der Waals surface area contributed by atoms with Gasteiger partial charge in [-0.25, -0.2) is 9.97 Å². The summed E-state index contributed by atoms with van der Waals surface area (Å²) in [6, 6.07) is 54.3. The monoisotopic (exact) mass is 661 g/mol. The van der Waals surface area contributed by atoms with Crippen LogP contribution in [0.15, 0.2) is 152 Å². The molecule has 8 aromatic rings. The van der Waals surface area contributed by atoms with E-state index < -0.39 is 0 Å². The third-order valence-corrected chi connectivity index (χ3v) is 9.94. The molecule has 2 heterocycles. The SMILES string of the molecule is CC(C)(C)c1ccc2c(c1)c1cc(C(C)(C)C)ccc1n2-c1ccc(-c2cc(-c3ccccc3)nc(-c3ccccc3)n2)cc1-c1ccccc1. The van der Waals surface area contributed by atoms with Crippen molar-refractivity contribution < 1.29 is 0 Å². The zero-order chi connectivity index (χ0) is 35.3. The average molecular weight is 662 g/mol. The van der Waals surface area contributed by atoms with Gasteiger partial charge in [0.1, 0.15) is 0 Å². The van der Waals surface area contributed by atoms with E-state index >= 15 is 0 Å². The number of hydrogen-bond donors (Lipinski definition) is 0. The van der Waals surface area contributed by atoms with Gasteiger partial charge in [-0.15, -0.1) is 0 Å². The van der Waals surface area contributed by atoms with Gasteiger partial charge >= 0.3 is 0 Å². The number of rotatable bonds is 5. The Kier molecular flexibility index (Phi) is 7.95. The van der Waals surface area contributed by atoms with E-state index in [1.165, 1.54) is 32.9 Å². The predicted octanol–water partition coefficient (Wildman–Crippen LogP) is 12.8. The fourth-order valence-corrected chi connectivity index (χ4v) is 7.02. The highest BCUT2D eigenvalue weighted by atomic mass is 15.0. The third kappa shape index (κ3) is 6.14. The summed E-state index contributed by atoms with van der Waals surface area (Å²) in [5.41, 5.74) is 13.5. The summed E-state index contributed by atoms with van der Waals surface area (Å²) in [4.78, 5) is 10.2. The first-order valence-electron chi connectivity index (χ1n) is 17.8. The Labute approximate surface area is 301 Å². The maximum atomic E-state index is 5.17. The van der Waals surface area contributed by atoms with Crippen molar-refractivity contribution in [3.63, 3.8) is 0 Å². The van der Waals surface area contributed by atoms with Gasteiger partial charge in [0.05, 0.1) is 28.1 Å². The summed E-state index contributed by atoms with van der Waals surface area (Å²) >= 11 is 0. The van der Waals surface area contributed by atoms with Gasteiger partial charge in [0.25, 0.3) is 0 Å². The molecule has 0 aliphatic rings. The highest BCUT2D eigenvalue weighted by Crippen LogP contribution is 2.41. The van der Waals surface area contributed by atoms with Crippen LogP contribution in [0.1, 0.15) is 52.7 Å². The fourth-order valence-electron chi connectivity index (χ4n) is 7.02. The molecule has 2 aromatic heterocycles. The van der Waals surface area contributed by atoms with Gasteiger partial charge in [-0.1, -0.05) is 151 Å². The standard InChI is InChI=1S/C48H43N3/c1-47(2,3)36-23-26-44-39(29-36)40-30-37(48(4,5)6)24-27-45(40)51(44)43-25-22-35(28-38(43)32-16-10-7-11-17-32)42-31-41(33-18-12-8-13-19-33)49-46(50-42)34-20-14-9-15-21-34/h7-31H,1-6H3. The molecule has 0 unspecified atom stereocenters. The highest BCUT2D eigenvalue weighted by Gasteiger charge is 2.22. The Balaban J connectivity index is 1.39. The van der Waals surface area contributed by atoms with Crippen LogP contribution in [-0.2, 0) is 10.8 Å². The first-order chi connectivity index (χ1) is 24.5. The summed E-state index contributed by atoms with van der Waals surface area (Å²) in [7, 11) is 0. The zero-order valence-corrected chi connectivity index (χ0v) is 30.3. The highest BCUT2D eigenvalue weighted by molar-refractivity contribution is 6.10. The molecule has 3 heteroatoms. The zero-order valence-electron chi connectivity index (χ0n) is 30.3. The lowest BCUT2D eigenvalue weighted by Gasteiger charge is -2.19. The first kappa shape index (κ1) is 32.4. The first-order valence-corrected chi connectivity index (χ1v) is 17.8. The van der Waals surface area contributed by atoms with Crippen molar-refractivity contribution in [1.29, 1.82) is 0 Å². The molecule has 0 radical (unpaired) electrons. The van der Waals surface area contributed by atoms with Gasteiger partial charge in [-0.2, -0.15) is 0 Å². The van der Waals surface area contributed by atoms with Crippen LogP contribution in [0.2, 0.25) is 0 Å². The van der Waals surface area contributed by atoms with E-state index in [0.29, 0.717) is 5.82 Å². The number of aromatic nitrogens is 3. The van der Waals surface area contributed by atoms with Gasteiger partial charge in [-0.3, -0.25) is 0 Å². The Morgan fingerprint density at radius 3 is 1.39 bits per heavy atom. The second-order valence-corrected chi connectivity index (χ2v) is 15.6. The molecule has 0 amide bonds. The van der Waals surface area contributed by atoms with Crippen molar-refractivity contribution in [2.45, 2.75) is 52.4 Å². The number of nitrogens with zero attached hydrogens (tertiary/aromatic N) is 3.